The first-order valence-electron chi connectivity index (χ1n) is 14.1. The third-order valence-corrected chi connectivity index (χ3v) is 8.15. The van der Waals surface area contributed by atoms with Crippen LogP contribution in [0, 0.1) is 18.3 Å². The van der Waals surface area contributed by atoms with E-state index in [1.807, 2.05) is 43.7 Å². The smallest absolute Gasteiger partial charge is 0.212 e. The number of H-pyrrole nitrogens is 1. The third kappa shape index (κ3) is 4.77. The number of aromatic amines is 1. The van der Waals surface area contributed by atoms with Crippen LogP contribution in [0.1, 0.15) is 29.2 Å². The molecular weight excluding hydrogens is 530 g/mol. The van der Waals surface area contributed by atoms with E-state index < -0.39 is 0 Å². The Morgan fingerprint density at radius 1 is 1.12 bits per heavy atom. The summed E-state index contributed by atoms with van der Waals surface area (Å²) in [6.45, 7) is 5.24. The van der Waals surface area contributed by atoms with E-state index in [0.29, 0.717) is 42.3 Å². The lowest BCUT2D eigenvalue weighted by Gasteiger charge is -2.56. The average Bonchev–Trinajstić information content (AvgIpc) is 3.62. The fraction of sp³-hybridized carbons (Fsp3) is 0.333. The minimum absolute atomic E-state index is 0.504. The van der Waals surface area contributed by atoms with Crippen molar-refractivity contribution < 1.29 is 4.74 Å². The summed E-state index contributed by atoms with van der Waals surface area (Å²) in [5, 5.41) is 25.0. The zero-order chi connectivity index (χ0) is 28.6. The summed E-state index contributed by atoms with van der Waals surface area (Å²) in [4.78, 5) is 18.5. The summed E-state index contributed by atoms with van der Waals surface area (Å²) < 4.78 is 6.94. The van der Waals surface area contributed by atoms with Gasteiger partial charge in [0.15, 0.2) is 11.6 Å². The summed E-state index contributed by atoms with van der Waals surface area (Å²) in [6, 6.07) is 15.5. The van der Waals surface area contributed by atoms with Gasteiger partial charge in [-0.15, -0.1) is 5.10 Å². The maximum atomic E-state index is 10.1. The van der Waals surface area contributed by atoms with Gasteiger partial charge in [-0.05, 0) is 37.1 Å². The number of pyridine rings is 3. The molecule has 2 unspecified atom stereocenters. The molecule has 12 heteroatoms. The predicted molar refractivity (Wildman–Crippen MR) is 157 cm³/mol. The van der Waals surface area contributed by atoms with E-state index in [1.54, 1.807) is 11.6 Å². The van der Waals surface area contributed by atoms with Gasteiger partial charge in [0.1, 0.15) is 23.3 Å². The molecule has 2 bridgehead atoms. The van der Waals surface area contributed by atoms with Gasteiger partial charge in [0.05, 0.1) is 12.6 Å². The lowest BCUT2D eigenvalue weighted by Crippen LogP contribution is -2.68. The van der Waals surface area contributed by atoms with E-state index in [-0.39, 0.29) is 0 Å². The first-order chi connectivity index (χ1) is 20.6. The van der Waals surface area contributed by atoms with Crippen LogP contribution < -0.4 is 15.0 Å². The second-order valence-electron chi connectivity index (χ2n) is 10.8. The molecule has 0 radical (unpaired) electrons. The summed E-state index contributed by atoms with van der Waals surface area (Å²) in [5.74, 6) is 3.67. The number of ether oxygens (including phenoxy) is 1. The highest BCUT2D eigenvalue weighted by molar-refractivity contribution is 5.87. The van der Waals surface area contributed by atoms with Gasteiger partial charge in [-0.3, -0.25) is 10.00 Å². The Morgan fingerprint density at radius 3 is 2.69 bits per heavy atom. The zero-order valence-corrected chi connectivity index (χ0v) is 23.5. The number of anilines is 2. The van der Waals surface area contributed by atoms with Crippen LogP contribution in [-0.4, -0.2) is 78.5 Å². The Kier molecular flexibility index (Phi) is 6.64. The van der Waals surface area contributed by atoms with Crippen LogP contribution in [0.25, 0.3) is 16.6 Å². The number of nitriles is 1. The number of nitrogens with one attached hydrogen (secondary N) is 2. The Bertz CT molecular complexity index is 1740. The lowest BCUT2D eigenvalue weighted by molar-refractivity contribution is -0.00876. The van der Waals surface area contributed by atoms with Crippen LogP contribution in [-0.2, 0) is 13.0 Å². The van der Waals surface area contributed by atoms with E-state index in [2.05, 4.69) is 64.6 Å². The van der Waals surface area contributed by atoms with Gasteiger partial charge in [-0.1, -0.05) is 12.1 Å². The number of nitrogens with zero attached hydrogens (tertiary/aromatic N) is 9. The van der Waals surface area contributed by atoms with Crippen molar-refractivity contribution in [2.75, 3.05) is 37.0 Å². The number of piperidine rings is 1. The van der Waals surface area contributed by atoms with Crippen LogP contribution in [0.4, 0.5) is 11.6 Å². The van der Waals surface area contributed by atoms with Gasteiger partial charge < -0.3 is 15.0 Å². The SMILES string of the molecule is COc1ccc(CN2C3CC2CN(c2ccc(-c4cccn5nc(NCCc6n[nH]c(C)n6)c(C#N)c45)cn2)C3)cn1. The van der Waals surface area contributed by atoms with Crippen LogP contribution in [0.3, 0.4) is 0 Å². The van der Waals surface area contributed by atoms with Crippen molar-refractivity contribution in [2.45, 2.75) is 38.4 Å². The molecule has 3 fully saturated rings. The molecule has 0 spiro atoms. The van der Waals surface area contributed by atoms with E-state index in [1.165, 1.54) is 12.0 Å². The van der Waals surface area contributed by atoms with Gasteiger partial charge in [0.25, 0.3) is 0 Å². The van der Waals surface area contributed by atoms with Crippen molar-refractivity contribution in [2.24, 2.45) is 0 Å². The monoisotopic (exact) mass is 561 g/mol. The highest BCUT2D eigenvalue weighted by Crippen LogP contribution is 2.36. The van der Waals surface area contributed by atoms with Gasteiger partial charge >= 0.3 is 0 Å². The number of aromatic nitrogens is 7. The molecule has 12 nitrogen and oxygen atoms in total. The topological polar surface area (TPSA) is 136 Å². The maximum Gasteiger partial charge on any atom is 0.212 e. The maximum absolute atomic E-state index is 10.1. The minimum atomic E-state index is 0.504. The molecule has 5 aromatic heterocycles. The van der Waals surface area contributed by atoms with Gasteiger partial charge in [0.2, 0.25) is 5.88 Å². The van der Waals surface area contributed by atoms with Crippen molar-refractivity contribution in [3.8, 4) is 23.1 Å². The number of fused-ring (bicyclic) bond motifs is 3. The summed E-state index contributed by atoms with van der Waals surface area (Å²) in [5.41, 5.74) is 4.33. The lowest BCUT2D eigenvalue weighted by atomic mass is 9.87. The third-order valence-electron chi connectivity index (χ3n) is 8.15. The number of hydrogen-bond acceptors (Lipinski definition) is 10. The second kappa shape index (κ2) is 10.8. The number of piperazine rings is 1. The fourth-order valence-electron chi connectivity index (χ4n) is 6.06. The van der Waals surface area contributed by atoms with Gasteiger partial charge in [-0.2, -0.15) is 10.4 Å². The summed E-state index contributed by atoms with van der Waals surface area (Å²) in [6.07, 6.45) is 7.50. The quantitative estimate of drug-likeness (QED) is 0.276. The largest absolute Gasteiger partial charge is 0.481 e. The zero-order valence-electron chi connectivity index (χ0n) is 23.5. The highest BCUT2D eigenvalue weighted by Gasteiger charge is 2.44. The molecule has 0 aromatic carbocycles. The molecule has 212 valence electrons. The molecule has 8 heterocycles. The number of methoxy groups -OCH3 is 1. The molecule has 3 aliphatic rings. The molecular formula is C30H31N11O. The number of aryl methyl sites for hydroxylation is 1. The molecule has 0 amide bonds. The standard InChI is InChI=1S/C30H31N11O/c1-19-35-26(37-36-19)9-10-32-30-25(13-31)29-24(4-3-11-41(29)38-30)21-6-7-27(33-15-21)39-17-22-12-23(18-39)40(22)16-20-5-8-28(42-2)34-14-20/h3-8,11,14-15,22-23H,9-10,12,16-18H2,1-2H3,(H,32,38)(H,35,36,37). The Balaban J connectivity index is 1.04. The van der Waals surface area contributed by atoms with E-state index >= 15 is 0 Å². The molecule has 2 atom stereocenters. The highest BCUT2D eigenvalue weighted by atomic mass is 16.5. The van der Waals surface area contributed by atoms with Crippen molar-refractivity contribution >= 4 is 17.2 Å². The van der Waals surface area contributed by atoms with Crippen molar-refractivity contribution in [3.05, 3.63) is 77.8 Å². The summed E-state index contributed by atoms with van der Waals surface area (Å²) >= 11 is 0. The minimum Gasteiger partial charge on any atom is -0.481 e. The molecule has 0 aliphatic carbocycles. The van der Waals surface area contributed by atoms with Gasteiger partial charge in [-0.25, -0.2) is 19.5 Å². The number of hydrogen-bond donors (Lipinski definition) is 2. The Hall–Kier alpha value is -5.02. The molecule has 3 aliphatic heterocycles. The van der Waals surface area contributed by atoms with Crippen molar-refractivity contribution in [1.82, 2.24) is 39.7 Å². The van der Waals surface area contributed by atoms with Crippen LogP contribution in [0.15, 0.2) is 55.0 Å². The van der Waals surface area contributed by atoms with Crippen LogP contribution in [0.5, 0.6) is 5.88 Å². The first-order valence-corrected chi connectivity index (χ1v) is 14.1. The predicted octanol–water partition coefficient (Wildman–Crippen LogP) is 3.22. The fourth-order valence-corrected chi connectivity index (χ4v) is 6.06. The normalized spacial score (nSPS) is 18.1. The molecule has 0 saturated carbocycles. The van der Waals surface area contributed by atoms with E-state index in [4.69, 9.17) is 9.72 Å². The molecule has 5 aromatic rings. The molecule has 8 rings (SSSR count). The van der Waals surface area contributed by atoms with Gasteiger partial charge in [0, 0.05) is 80.5 Å². The van der Waals surface area contributed by atoms with Crippen LogP contribution in [0.2, 0.25) is 0 Å². The van der Waals surface area contributed by atoms with Crippen molar-refractivity contribution in [3.63, 3.8) is 0 Å². The Labute approximate surface area is 243 Å². The molecule has 42 heavy (non-hydrogen) atoms. The average molecular weight is 562 g/mol. The van der Waals surface area contributed by atoms with E-state index in [9.17, 15) is 5.26 Å². The molecule has 3 saturated heterocycles. The summed E-state index contributed by atoms with van der Waals surface area (Å²) in [7, 11) is 1.64. The number of rotatable bonds is 9. The first kappa shape index (κ1) is 25.9. The second-order valence-corrected chi connectivity index (χ2v) is 10.8. The van der Waals surface area contributed by atoms with Crippen molar-refractivity contribution in [1.29, 1.82) is 5.26 Å². The van der Waals surface area contributed by atoms with E-state index in [0.717, 1.165) is 53.7 Å². The molecule has 2 N–H and O–H groups in total. The Morgan fingerprint density at radius 2 is 2.00 bits per heavy atom. The van der Waals surface area contributed by atoms with Crippen LogP contribution >= 0.6 is 0 Å².